The third-order valence-corrected chi connectivity index (χ3v) is 3.82. The average Bonchev–Trinajstić information content (AvgIpc) is 2.54. The Hall–Kier alpha value is -2.14. The molecule has 2 amide bonds. The van der Waals surface area contributed by atoms with Gasteiger partial charge in [0.25, 0.3) is 0 Å². The van der Waals surface area contributed by atoms with Gasteiger partial charge in [-0.15, -0.1) is 0 Å². The van der Waals surface area contributed by atoms with Crippen LogP contribution in [-0.4, -0.2) is 42.5 Å². The quantitative estimate of drug-likeness (QED) is 0.857. The van der Waals surface area contributed by atoms with Gasteiger partial charge in [0.2, 0.25) is 11.8 Å². The number of nitrogens with zero attached hydrogens (tertiary/aromatic N) is 1. The van der Waals surface area contributed by atoms with E-state index in [4.69, 9.17) is 4.74 Å². The second-order valence-corrected chi connectivity index (χ2v) is 5.81. The fourth-order valence-electron chi connectivity index (χ4n) is 2.52. The fraction of sp³-hybridized carbons (Fsp3) is 0.412. The maximum Gasteiger partial charge on any atom is 0.246 e. The lowest BCUT2D eigenvalue weighted by atomic mass is 9.94. The standard InChI is InChI=1S/C17H22N2O3/c1-4-15(20)19-10-11-22-12-14(19)16(21)18-17(2,3)13-8-6-5-7-9-13/h4-9,14H,1,10-12H2,2-3H3,(H,18,21). The summed E-state index contributed by atoms with van der Waals surface area (Å²) in [6, 6.07) is 9.10. The fourth-order valence-corrected chi connectivity index (χ4v) is 2.52. The zero-order valence-corrected chi connectivity index (χ0v) is 13.0. The molecule has 0 spiro atoms. The lowest BCUT2D eigenvalue weighted by Crippen LogP contribution is -2.58. The maximum absolute atomic E-state index is 12.6. The van der Waals surface area contributed by atoms with E-state index >= 15 is 0 Å². The van der Waals surface area contributed by atoms with Crippen molar-refractivity contribution in [2.45, 2.75) is 25.4 Å². The molecule has 0 bridgehead atoms. The SMILES string of the molecule is C=CC(=O)N1CCOCC1C(=O)NC(C)(C)c1ccccc1. The number of hydrogen-bond donors (Lipinski definition) is 1. The zero-order valence-electron chi connectivity index (χ0n) is 13.0. The Morgan fingerprint density at radius 1 is 1.36 bits per heavy atom. The summed E-state index contributed by atoms with van der Waals surface area (Å²) in [7, 11) is 0. The average molecular weight is 302 g/mol. The molecule has 2 rings (SSSR count). The zero-order chi connectivity index (χ0) is 16.2. The first kappa shape index (κ1) is 16.2. The van der Waals surface area contributed by atoms with Gasteiger partial charge in [-0.1, -0.05) is 36.9 Å². The lowest BCUT2D eigenvalue weighted by Gasteiger charge is -2.36. The van der Waals surface area contributed by atoms with Crippen LogP contribution in [0.1, 0.15) is 19.4 Å². The van der Waals surface area contributed by atoms with Crippen LogP contribution in [0.2, 0.25) is 0 Å². The topological polar surface area (TPSA) is 58.6 Å². The van der Waals surface area contributed by atoms with Crippen LogP contribution in [0.3, 0.4) is 0 Å². The first-order chi connectivity index (χ1) is 10.5. The summed E-state index contributed by atoms with van der Waals surface area (Å²) in [6.45, 7) is 8.39. The molecule has 1 saturated heterocycles. The van der Waals surface area contributed by atoms with Gasteiger partial charge in [-0.2, -0.15) is 0 Å². The van der Waals surface area contributed by atoms with E-state index in [0.29, 0.717) is 13.2 Å². The monoisotopic (exact) mass is 302 g/mol. The summed E-state index contributed by atoms with van der Waals surface area (Å²) in [4.78, 5) is 26.0. The highest BCUT2D eigenvalue weighted by molar-refractivity contribution is 5.93. The molecule has 0 aromatic heterocycles. The van der Waals surface area contributed by atoms with E-state index in [2.05, 4.69) is 11.9 Å². The highest BCUT2D eigenvalue weighted by Crippen LogP contribution is 2.20. The second kappa shape index (κ2) is 6.75. The van der Waals surface area contributed by atoms with E-state index in [1.807, 2.05) is 44.2 Å². The largest absolute Gasteiger partial charge is 0.377 e. The van der Waals surface area contributed by atoms with E-state index in [1.54, 1.807) is 0 Å². The van der Waals surface area contributed by atoms with Gasteiger partial charge in [-0.05, 0) is 25.5 Å². The van der Waals surface area contributed by atoms with Crippen LogP contribution >= 0.6 is 0 Å². The summed E-state index contributed by atoms with van der Waals surface area (Å²) in [5, 5.41) is 3.00. The predicted molar refractivity (Wildman–Crippen MR) is 84.1 cm³/mol. The summed E-state index contributed by atoms with van der Waals surface area (Å²) in [5.41, 5.74) is 0.472. The second-order valence-electron chi connectivity index (χ2n) is 5.81. The number of rotatable bonds is 4. The molecular weight excluding hydrogens is 280 g/mol. The molecule has 1 atom stereocenters. The number of ether oxygens (including phenoxy) is 1. The Balaban J connectivity index is 2.13. The molecule has 5 heteroatoms. The normalized spacial score (nSPS) is 18.6. The van der Waals surface area contributed by atoms with E-state index in [1.165, 1.54) is 11.0 Å². The number of carbonyl (C=O) groups is 2. The first-order valence-corrected chi connectivity index (χ1v) is 7.34. The van der Waals surface area contributed by atoms with Gasteiger partial charge < -0.3 is 15.0 Å². The van der Waals surface area contributed by atoms with E-state index in [9.17, 15) is 9.59 Å². The van der Waals surface area contributed by atoms with Crippen molar-refractivity contribution in [2.24, 2.45) is 0 Å². The number of hydrogen-bond acceptors (Lipinski definition) is 3. The molecule has 0 aliphatic carbocycles. The number of benzene rings is 1. The third-order valence-electron chi connectivity index (χ3n) is 3.82. The molecule has 1 heterocycles. The predicted octanol–water partition coefficient (Wildman–Crippen LogP) is 1.45. The number of amides is 2. The molecule has 118 valence electrons. The van der Waals surface area contributed by atoms with Gasteiger partial charge in [0.15, 0.2) is 0 Å². The van der Waals surface area contributed by atoms with Crippen LogP contribution in [0.25, 0.3) is 0 Å². The Morgan fingerprint density at radius 2 is 2.05 bits per heavy atom. The number of carbonyl (C=O) groups excluding carboxylic acids is 2. The van der Waals surface area contributed by atoms with Crippen LogP contribution in [0.15, 0.2) is 43.0 Å². The van der Waals surface area contributed by atoms with Crippen molar-refractivity contribution in [3.05, 3.63) is 48.6 Å². The van der Waals surface area contributed by atoms with Crippen LogP contribution in [0.4, 0.5) is 0 Å². The lowest BCUT2D eigenvalue weighted by molar-refractivity contribution is -0.146. The van der Waals surface area contributed by atoms with Crippen LogP contribution in [0, 0.1) is 0 Å². The molecule has 5 nitrogen and oxygen atoms in total. The molecule has 0 radical (unpaired) electrons. The maximum atomic E-state index is 12.6. The molecule has 0 saturated carbocycles. The molecule has 1 aliphatic rings. The van der Waals surface area contributed by atoms with Crippen molar-refractivity contribution in [1.29, 1.82) is 0 Å². The van der Waals surface area contributed by atoms with Crippen molar-refractivity contribution in [1.82, 2.24) is 10.2 Å². The molecule has 1 N–H and O–H groups in total. The molecule has 1 aliphatic heterocycles. The smallest absolute Gasteiger partial charge is 0.246 e. The highest BCUT2D eigenvalue weighted by Gasteiger charge is 2.34. The summed E-state index contributed by atoms with van der Waals surface area (Å²) in [5.74, 6) is -0.468. The highest BCUT2D eigenvalue weighted by atomic mass is 16.5. The molecular formula is C17H22N2O3. The van der Waals surface area contributed by atoms with Crippen molar-refractivity contribution >= 4 is 11.8 Å². The molecule has 1 aromatic carbocycles. The summed E-state index contributed by atoms with van der Waals surface area (Å²) >= 11 is 0. The van der Waals surface area contributed by atoms with Gasteiger partial charge in [0.1, 0.15) is 6.04 Å². The molecule has 1 fully saturated rings. The van der Waals surface area contributed by atoms with Crippen LogP contribution in [0.5, 0.6) is 0 Å². The Morgan fingerprint density at radius 3 is 2.68 bits per heavy atom. The minimum absolute atomic E-state index is 0.205. The third kappa shape index (κ3) is 3.54. The van der Waals surface area contributed by atoms with Gasteiger partial charge in [0.05, 0.1) is 18.8 Å². The van der Waals surface area contributed by atoms with Gasteiger partial charge >= 0.3 is 0 Å². The Labute approximate surface area is 130 Å². The summed E-state index contributed by atoms with van der Waals surface area (Å²) < 4.78 is 5.36. The van der Waals surface area contributed by atoms with Gasteiger partial charge in [-0.3, -0.25) is 9.59 Å². The minimum Gasteiger partial charge on any atom is -0.377 e. The van der Waals surface area contributed by atoms with Crippen molar-refractivity contribution in [2.75, 3.05) is 19.8 Å². The van der Waals surface area contributed by atoms with E-state index < -0.39 is 11.6 Å². The Kier molecular flexibility index (Phi) is 4.98. The number of nitrogens with one attached hydrogen (secondary N) is 1. The van der Waals surface area contributed by atoms with Gasteiger partial charge in [0, 0.05) is 6.54 Å². The van der Waals surface area contributed by atoms with E-state index in [-0.39, 0.29) is 18.4 Å². The van der Waals surface area contributed by atoms with Crippen molar-refractivity contribution in [3.8, 4) is 0 Å². The molecule has 1 aromatic rings. The van der Waals surface area contributed by atoms with E-state index in [0.717, 1.165) is 5.56 Å². The van der Waals surface area contributed by atoms with Crippen molar-refractivity contribution in [3.63, 3.8) is 0 Å². The molecule has 1 unspecified atom stereocenters. The van der Waals surface area contributed by atoms with Crippen LogP contribution < -0.4 is 5.32 Å². The Bertz CT molecular complexity index is 554. The van der Waals surface area contributed by atoms with Crippen molar-refractivity contribution < 1.29 is 14.3 Å². The van der Waals surface area contributed by atoms with Gasteiger partial charge in [-0.25, -0.2) is 0 Å². The number of morpholine rings is 1. The summed E-state index contributed by atoms with van der Waals surface area (Å²) in [6.07, 6.45) is 1.23. The molecule has 22 heavy (non-hydrogen) atoms. The van der Waals surface area contributed by atoms with Crippen LogP contribution in [-0.2, 0) is 19.9 Å². The first-order valence-electron chi connectivity index (χ1n) is 7.34. The minimum atomic E-state index is -0.623.